The van der Waals surface area contributed by atoms with Crippen LogP contribution in [0, 0.1) is 0 Å². The molecule has 3 aliphatic heterocycles. The van der Waals surface area contributed by atoms with Crippen molar-refractivity contribution in [3.63, 3.8) is 0 Å². The highest BCUT2D eigenvalue weighted by atomic mass is 16.5. The second-order valence-corrected chi connectivity index (χ2v) is 7.45. The topological polar surface area (TPSA) is 50.8 Å². The van der Waals surface area contributed by atoms with Crippen LogP contribution in [-0.2, 0) is 0 Å². The number of nitrogens with zero attached hydrogens (tertiary/aromatic N) is 1. The Bertz CT molecular complexity index is 913. The number of fused-ring (bicyclic) bond motifs is 2. The molecule has 3 heterocycles. The molecule has 1 fully saturated rings. The number of likely N-dealkylation sites (tertiary alicyclic amines) is 1. The lowest BCUT2D eigenvalue weighted by Crippen LogP contribution is -2.61. The van der Waals surface area contributed by atoms with E-state index < -0.39 is 5.72 Å². The summed E-state index contributed by atoms with van der Waals surface area (Å²) in [5, 5.41) is 3.10. The first-order valence-electron chi connectivity index (χ1n) is 9.45. The number of carbonyl (C=O) groups is 1. The fourth-order valence-electron chi connectivity index (χ4n) is 4.09. The van der Waals surface area contributed by atoms with Gasteiger partial charge in [-0.25, -0.2) is 0 Å². The van der Waals surface area contributed by atoms with Crippen molar-refractivity contribution < 1.29 is 14.3 Å². The van der Waals surface area contributed by atoms with Gasteiger partial charge >= 0.3 is 0 Å². The van der Waals surface area contributed by atoms with E-state index in [1.54, 1.807) is 6.07 Å². The number of amides is 1. The zero-order chi connectivity index (χ0) is 18.3. The SMILES string of the molecule is O=C1NC2(CCN(CC3=Cc4ccccc4OC3)CC2)Oc2ccccc21. The summed E-state index contributed by atoms with van der Waals surface area (Å²) >= 11 is 0. The maximum absolute atomic E-state index is 12.4. The van der Waals surface area contributed by atoms with Gasteiger partial charge < -0.3 is 14.8 Å². The quantitative estimate of drug-likeness (QED) is 0.892. The van der Waals surface area contributed by atoms with Crippen LogP contribution in [0.3, 0.4) is 0 Å². The highest BCUT2D eigenvalue weighted by Gasteiger charge is 2.42. The number of benzene rings is 2. The molecule has 2 aromatic rings. The molecule has 0 bridgehead atoms. The van der Waals surface area contributed by atoms with Gasteiger partial charge in [-0.1, -0.05) is 30.3 Å². The van der Waals surface area contributed by atoms with E-state index >= 15 is 0 Å². The number of ether oxygens (including phenoxy) is 2. The molecule has 0 aliphatic carbocycles. The molecular weight excluding hydrogens is 340 g/mol. The molecule has 0 radical (unpaired) electrons. The van der Waals surface area contributed by atoms with Gasteiger partial charge in [-0.2, -0.15) is 0 Å². The standard InChI is InChI=1S/C22H22N2O3/c25-21-18-6-2-4-8-20(18)27-22(23-21)9-11-24(12-10-22)14-16-13-17-5-1-3-7-19(17)26-15-16/h1-8,13H,9-12,14-15H2,(H,23,25). The summed E-state index contributed by atoms with van der Waals surface area (Å²) < 4.78 is 12.1. The first kappa shape index (κ1) is 16.4. The van der Waals surface area contributed by atoms with Crippen molar-refractivity contribution in [1.29, 1.82) is 0 Å². The normalized spacial score (nSPS) is 20.6. The summed E-state index contributed by atoms with van der Waals surface area (Å²) in [6.07, 6.45) is 3.79. The van der Waals surface area contributed by atoms with E-state index in [2.05, 4.69) is 22.4 Å². The van der Waals surface area contributed by atoms with Crippen molar-refractivity contribution >= 4 is 12.0 Å². The Labute approximate surface area is 158 Å². The van der Waals surface area contributed by atoms with Crippen molar-refractivity contribution in [3.8, 4) is 11.5 Å². The molecule has 0 atom stereocenters. The predicted molar refractivity (Wildman–Crippen MR) is 103 cm³/mol. The van der Waals surface area contributed by atoms with E-state index in [0.717, 1.165) is 43.8 Å². The predicted octanol–water partition coefficient (Wildman–Crippen LogP) is 3.08. The Morgan fingerprint density at radius 1 is 1.00 bits per heavy atom. The Kier molecular flexibility index (Phi) is 3.90. The van der Waals surface area contributed by atoms with E-state index in [4.69, 9.17) is 9.47 Å². The van der Waals surface area contributed by atoms with Crippen LogP contribution >= 0.6 is 0 Å². The van der Waals surface area contributed by atoms with E-state index in [0.29, 0.717) is 17.9 Å². The Morgan fingerprint density at radius 3 is 2.59 bits per heavy atom. The number of hydrogen-bond donors (Lipinski definition) is 1. The summed E-state index contributed by atoms with van der Waals surface area (Å²) in [5.41, 5.74) is 2.47. The molecule has 2 aromatic carbocycles. The molecule has 27 heavy (non-hydrogen) atoms. The molecule has 1 N–H and O–H groups in total. The van der Waals surface area contributed by atoms with E-state index in [-0.39, 0.29) is 5.91 Å². The van der Waals surface area contributed by atoms with Crippen molar-refractivity contribution in [2.45, 2.75) is 18.6 Å². The van der Waals surface area contributed by atoms with Gasteiger partial charge in [-0.3, -0.25) is 9.69 Å². The highest BCUT2D eigenvalue weighted by molar-refractivity contribution is 5.98. The maximum Gasteiger partial charge on any atom is 0.258 e. The zero-order valence-electron chi connectivity index (χ0n) is 15.1. The molecule has 5 rings (SSSR count). The molecule has 0 aromatic heterocycles. The Hall–Kier alpha value is -2.79. The van der Waals surface area contributed by atoms with Crippen LogP contribution in [0.25, 0.3) is 6.08 Å². The average molecular weight is 362 g/mol. The molecule has 3 aliphatic rings. The Balaban J connectivity index is 1.25. The molecule has 1 saturated heterocycles. The van der Waals surface area contributed by atoms with Crippen LogP contribution in [0.2, 0.25) is 0 Å². The summed E-state index contributed by atoms with van der Waals surface area (Å²) in [6.45, 7) is 3.27. The van der Waals surface area contributed by atoms with Crippen molar-refractivity contribution in [2.24, 2.45) is 0 Å². The van der Waals surface area contributed by atoms with Crippen molar-refractivity contribution in [2.75, 3.05) is 26.2 Å². The summed E-state index contributed by atoms with van der Waals surface area (Å²) in [6, 6.07) is 15.6. The van der Waals surface area contributed by atoms with Gasteiger partial charge in [0.25, 0.3) is 5.91 Å². The zero-order valence-corrected chi connectivity index (χ0v) is 15.1. The van der Waals surface area contributed by atoms with Gasteiger partial charge in [0.2, 0.25) is 0 Å². The smallest absolute Gasteiger partial charge is 0.258 e. The number of rotatable bonds is 2. The molecule has 0 saturated carbocycles. The van der Waals surface area contributed by atoms with Crippen LogP contribution in [-0.4, -0.2) is 42.8 Å². The number of piperidine rings is 1. The van der Waals surface area contributed by atoms with Gasteiger partial charge in [0.1, 0.15) is 18.1 Å². The third kappa shape index (κ3) is 3.08. The lowest BCUT2D eigenvalue weighted by atomic mass is 9.96. The van der Waals surface area contributed by atoms with Gasteiger partial charge in [-0.05, 0) is 29.8 Å². The van der Waals surface area contributed by atoms with Gasteiger partial charge in [0, 0.05) is 38.0 Å². The first-order chi connectivity index (χ1) is 13.2. The fourth-order valence-corrected chi connectivity index (χ4v) is 4.09. The van der Waals surface area contributed by atoms with Crippen LogP contribution < -0.4 is 14.8 Å². The lowest BCUT2D eigenvalue weighted by molar-refractivity contribution is -0.0274. The number of carbonyl (C=O) groups excluding carboxylic acids is 1. The monoisotopic (exact) mass is 362 g/mol. The first-order valence-corrected chi connectivity index (χ1v) is 9.45. The molecule has 5 heteroatoms. The highest BCUT2D eigenvalue weighted by Crippen LogP contribution is 2.34. The van der Waals surface area contributed by atoms with E-state index in [9.17, 15) is 4.79 Å². The minimum Gasteiger partial charge on any atom is -0.489 e. The van der Waals surface area contributed by atoms with Crippen molar-refractivity contribution in [1.82, 2.24) is 10.2 Å². The lowest BCUT2D eigenvalue weighted by Gasteiger charge is -2.44. The van der Waals surface area contributed by atoms with Crippen LogP contribution in [0.1, 0.15) is 28.8 Å². The van der Waals surface area contributed by atoms with Crippen LogP contribution in [0.5, 0.6) is 11.5 Å². The maximum atomic E-state index is 12.4. The average Bonchev–Trinajstić information content (AvgIpc) is 2.70. The minimum atomic E-state index is -0.577. The fraction of sp³-hybridized carbons (Fsp3) is 0.318. The Morgan fingerprint density at radius 2 is 1.74 bits per heavy atom. The third-order valence-electron chi connectivity index (χ3n) is 5.56. The van der Waals surface area contributed by atoms with Crippen LogP contribution in [0.4, 0.5) is 0 Å². The van der Waals surface area contributed by atoms with Crippen molar-refractivity contribution in [3.05, 3.63) is 65.2 Å². The minimum absolute atomic E-state index is 0.0368. The molecule has 0 unspecified atom stereocenters. The third-order valence-corrected chi connectivity index (χ3v) is 5.56. The summed E-state index contributed by atoms with van der Waals surface area (Å²) in [7, 11) is 0. The molecular formula is C22H22N2O3. The number of nitrogens with one attached hydrogen (secondary N) is 1. The number of hydrogen-bond acceptors (Lipinski definition) is 4. The van der Waals surface area contributed by atoms with Crippen LogP contribution in [0.15, 0.2) is 54.1 Å². The molecule has 5 nitrogen and oxygen atoms in total. The van der Waals surface area contributed by atoms with E-state index in [1.807, 2.05) is 36.4 Å². The summed E-state index contributed by atoms with van der Waals surface area (Å²) in [4.78, 5) is 14.9. The summed E-state index contributed by atoms with van der Waals surface area (Å²) in [5.74, 6) is 1.61. The van der Waals surface area contributed by atoms with Gasteiger partial charge in [0.05, 0.1) is 5.56 Å². The number of para-hydroxylation sites is 2. The van der Waals surface area contributed by atoms with E-state index in [1.165, 1.54) is 5.57 Å². The van der Waals surface area contributed by atoms with Gasteiger partial charge in [0.15, 0.2) is 5.72 Å². The molecule has 138 valence electrons. The van der Waals surface area contributed by atoms with Gasteiger partial charge in [-0.15, -0.1) is 0 Å². The second kappa shape index (κ2) is 6.43. The largest absolute Gasteiger partial charge is 0.489 e. The second-order valence-electron chi connectivity index (χ2n) is 7.45. The molecule has 1 amide bonds. The molecule has 1 spiro atoms.